The van der Waals surface area contributed by atoms with E-state index >= 15 is 0 Å². The second-order valence-corrected chi connectivity index (χ2v) is 11.4. The molecule has 0 heterocycles. The maximum atomic E-state index is 12.2. The molecule has 0 bridgehead atoms. The molecule has 0 spiro atoms. The number of carbonyl (C=O) groups excluding carboxylic acids is 2. The first-order valence-corrected chi connectivity index (χ1v) is 16.7. The summed E-state index contributed by atoms with van der Waals surface area (Å²) >= 11 is 0. The number of aliphatic hydroxyl groups excluding tert-OH is 1. The SMILES string of the molecule is CC/C=C\C/C=C\C/C=C\C/C=C\CCCCC(=O)NC(COP(=O)(O)OCC(O)COC(=O)CCCCCC)C(=O)O. The standard InChI is InChI=1S/C31H52NO10P/c1-3-5-7-9-10-11-12-13-14-15-16-17-18-19-20-22-29(34)32-28(31(36)37)26-42-43(38,39)41-25-27(33)24-40-30(35)23-21-8-6-4-2/h5,7,10-11,13-14,16-17,27-28,33H,3-4,6,8-9,12,15,18-26H2,1-2H3,(H,32,34)(H,36,37)(H,38,39)/b7-5-,11-10-,14-13-,17-16-. The van der Waals surface area contributed by atoms with E-state index in [-0.39, 0.29) is 12.8 Å². The van der Waals surface area contributed by atoms with E-state index in [1.807, 2.05) is 13.0 Å². The third kappa shape index (κ3) is 26.8. The quantitative estimate of drug-likeness (QED) is 0.0370. The minimum absolute atomic E-state index is 0.0914. The highest BCUT2D eigenvalue weighted by molar-refractivity contribution is 7.47. The minimum atomic E-state index is -4.74. The van der Waals surface area contributed by atoms with Crippen molar-refractivity contribution in [3.63, 3.8) is 0 Å². The number of aliphatic hydroxyl groups is 1. The van der Waals surface area contributed by atoms with Crippen molar-refractivity contribution in [1.29, 1.82) is 0 Å². The summed E-state index contributed by atoms with van der Waals surface area (Å²) in [5, 5.41) is 21.4. The summed E-state index contributed by atoms with van der Waals surface area (Å²) in [7, 11) is -4.74. The summed E-state index contributed by atoms with van der Waals surface area (Å²) in [5.41, 5.74) is 0. The number of esters is 1. The normalized spacial score (nSPS) is 14.9. The molecule has 0 saturated carbocycles. The second kappa shape index (κ2) is 27.0. The van der Waals surface area contributed by atoms with Crippen LogP contribution in [0.4, 0.5) is 0 Å². The molecule has 4 N–H and O–H groups in total. The number of hydrogen-bond donors (Lipinski definition) is 4. The molecule has 0 aliphatic carbocycles. The van der Waals surface area contributed by atoms with Gasteiger partial charge in [-0.1, -0.05) is 81.7 Å². The van der Waals surface area contributed by atoms with Crippen LogP contribution >= 0.6 is 7.82 Å². The number of phosphoric ester groups is 1. The fraction of sp³-hybridized carbons (Fsp3) is 0.645. The summed E-state index contributed by atoms with van der Waals surface area (Å²) < 4.78 is 26.3. The van der Waals surface area contributed by atoms with Gasteiger partial charge in [0.2, 0.25) is 5.91 Å². The van der Waals surface area contributed by atoms with Crippen molar-refractivity contribution in [2.24, 2.45) is 0 Å². The number of hydrogen-bond acceptors (Lipinski definition) is 8. The van der Waals surface area contributed by atoms with E-state index in [9.17, 15) is 34.1 Å². The lowest BCUT2D eigenvalue weighted by molar-refractivity contribution is -0.147. The Morgan fingerprint density at radius 2 is 1.35 bits per heavy atom. The van der Waals surface area contributed by atoms with Crippen molar-refractivity contribution in [3.05, 3.63) is 48.6 Å². The molecule has 0 rings (SSSR count). The number of phosphoric acid groups is 1. The molecule has 0 saturated heterocycles. The van der Waals surface area contributed by atoms with Crippen molar-refractivity contribution < 1.29 is 47.8 Å². The molecule has 12 heteroatoms. The first-order chi connectivity index (χ1) is 20.6. The topological polar surface area (TPSA) is 169 Å². The summed E-state index contributed by atoms with van der Waals surface area (Å²) in [5.74, 6) is -2.46. The first kappa shape index (κ1) is 40.4. The van der Waals surface area contributed by atoms with Gasteiger partial charge in [-0.2, -0.15) is 0 Å². The molecule has 246 valence electrons. The number of carboxylic acid groups (broad SMARTS) is 1. The van der Waals surface area contributed by atoms with Crippen LogP contribution in [0.5, 0.6) is 0 Å². The highest BCUT2D eigenvalue weighted by atomic mass is 31.2. The number of carbonyl (C=O) groups is 3. The van der Waals surface area contributed by atoms with Gasteiger partial charge < -0.3 is 25.2 Å². The number of carboxylic acids is 1. The Morgan fingerprint density at radius 3 is 1.95 bits per heavy atom. The maximum Gasteiger partial charge on any atom is 0.472 e. The van der Waals surface area contributed by atoms with Crippen LogP contribution in [-0.4, -0.2) is 64.9 Å². The van der Waals surface area contributed by atoms with Gasteiger partial charge in [-0.05, 0) is 51.4 Å². The van der Waals surface area contributed by atoms with Crippen LogP contribution < -0.4 is 5.32 Å². The molecule has 0 radical (unpaired) electrons. The summed E-state index contributed by atoms with van der Waals surface area (Å²) in [6, 6.07) is -1.57. The molecule has 0 aromatic heterocycles. The fourth-order valence-corrected chi connectivity index (χ4v) is 4.25. The lowest BCUT2D eigenvalue weighted by atomic mass is 10.1. The molecule has 43 heavy (non-hydrogen) atoms. The molecule has 0 aromatic rings. The van der Waals surface area contributed by atoms with Crippen LogP contribution in [0, 0.1) is 0 Å². The maximum absolute atomic E-state index is 12.2. The zero-order valence-electron chi connectivity index (χ0n) is 25.7. The highest BCUT2D eigenvalue weighted by Crippen LogP contribution is 2.43. The van der Waals surface area contributed by atoms with Crippen molar-refractivity contribution in [3.8, 4) is 0 Å². The summed E-state index contributed by atoms with van der Waals surface area (Å²) in [6.45, 7) is 2.23. The van der Waals surface area contributed by atoms with E-state index in [0.29, 0.717) is 12.8 Å². The average Bonchev–Trinajstić information content (AvgIpc) is 2.97. The smallest absolute Gasteiger partial charge is 0.472 e. The van der Waals surface area contributed by atoms with Crippen molar-refractivity contribution in [2.45, 2.75) is 109 Å². The van der Waals surface area contributed by atoms with Gasteiger partial charge in [0.05, 0.1) is 13.2 Å². The molecule has 3 atom stereocenters. The van der Waals surface area contributed by atoms with Gasteiger partial charge in [0, 0.05) is 12.8 Å². The van der Waals surface area contributed by atoms with Crippen LogP contribution in [0.15, 0.2) is 48.6 Å². The Hall–Kier alpha value is -2.56. The third-order valence-electron chi connectivity index (χ3n) is 5.88. The number of ether oxygens (including phenoxy) is 1. The lowest BCUT2D eigenvalue weighted by Crippen LogP contribution is -2.43. The molecular weight excluding hydrogens is 577 g/mol. The molecule has 11 nitrogen and oxygen atoms in total. The van der Waals surface area contributed by atoms with Crippen molar-refractivity contribution >= 4 is 25.7 Å². The summed E-state index contributed by atoms with van der Waals surface area (Å²) in [4.78, 5) is 45.1. The van der Waals surface area contributed by atoms with Crippen molar-refractivity contribution in [2.75, 3.05) is 19.8 Å². The highest BCUT2D eigenvalue weighted by Gasteiger charge is 2.28. The van der Waals surface area contributed by atoms with Gasteiger partial charge in [0.25, 0.3) is 0 Å². The molecular formula is C31H52NO10P. The molecule has 0 fully saturated rings. The summed E-state index contributed by atoms with van der Waals surface area (Å²) in [6.07, 6.45) is 25.2. The largest absolute Gasteiger partial charge is 0.480 e. The van der Waals surface area contributed by atoms with E-state index in [2.05, 4.69) is 59.3 Å². The second-order valence-electron chi connectivity index (χ2n) is 9.91. The number of allylic oxidation sites excluding steroid dienone is 8. The van der Waals surface area contributed by atoms with Gasteiger partial charge in [-0.25, -0.2) is 9.36 Å². The van der Waals surface area contributed by atoms with Crippen LogP contribution in [0.25, 0.3) is 0 Å². The van der Waals surface area contributed by atoms with Crippen LogP contribution in [0.1, 0.15) is 97.3 Å². The van der Waals surface area contributed by atoms with Gasteiger partial charge in [-0.3, -0.25) is 18.6 Å². The van der Waals surface area contributed by atoms with E-state index in [4.69, 9.17) is 9.26 Å². The zero-order chi connectivity index (χ0) is 32.2. The predicted molar refractivity (Wildman–Crippen MR) is 166 cm³/mol. The zero-order valence-corrected chi connectivity index (χ0v) is 26.6. The van der Waals surface area contributed by atoms with Crippen LogP contribution in [-0.2, 0) is 32.7 Å². The minimum Gasteiger partial charge on any atom is -0.480 e. The molecule has 0 aromatic carbocycles. The Bertz CT molecular complexity index is 932. The van der Waals surface area contributed by atoms with E-state index in [1.165, 1.54) is 0 Å². The number of rotatable bonds is 27. The number of aliphatic carboxylic acids is 1. The van der Waals surface area contributed by atoms with Gasteiger partial charge in [0.15, 0.2) is 6.04 Å². The van der Waals surface area contributed by atoms with Crippen molar-refractivity contribution in [1.82, 2.24) is 5.32 Å². The van der Waals surface area contributed by atoms with Crippen LogP contribution in [0.3, 0.4) is 0 Å². The molecule has 1 amide bonds. The molecule has 0 aliphatic heterocycles. The third-order valence-corrected chi connectivity index (χ3v) is 6.83. The Labute approximate surface area is 256 Å². The Kier molecular flexibility index (Phi) is 25.4. The van der Waals surface area contributed by atoms with Gasteiger partial charge in [-0.15, -0.1) is 0 Å². The Morgan fingerprint density at radius 1 is 0.767 bits per heavy atom. The first-order valence-electron chi connectivity index (χ1n) is 15.2. The van der Waals surface area contributed by atoms with Gasteiger partial charge >= 0.3 is 19.8 Å². The number of amides is 1. The number of nitrogens with one attached hydrogen (secondary N) is 1. The van der Waals surface area contributed by atoms with Crippen LogP contribution in [0.2, 0.25) is 0 Å². The Balaban J connectivity index is 4.16. The van der Waals surface area contributed by atoms with E-state index < -0.39 is 57.6 Å². The fourth-order valence-electron chi connectivity index (χ4n) is 3.48. The lowest BCUT2D eigenvalue weighted by Gasteiger charge is -2.18. The molecule has 3 unspecified atom stereocenters. The molecule has 0 aliphatic rings. The monoisotopic (exact) mass is 629 g/mol. The average molecular weight is 630 g/mol. The van der Waals surface area contributed by atoms with E-state index in [0.717, 1.165) is 57.8 Å². The number of unbranched alkanes of at least 4 members (excludes halogenated alkanes) is 5. The van der Waals surface area contributed by atoms with Gasteiger partial charge in [0.1, 0.15) is 12.7 Å². The van der Waals surface area contributed by atoms with E-state index in [1.54, 1.807) is 0 Å². The predicted octanol–water partition coefficient (Wildman–Crippen LogP) is 5.93.